The molecule has 2 aromatic carbocycles. The molecule has 0 aliphatic rings. The number of para-hydroxylation sites is 2. The minimum absolute atomic E-state index is 0.339. The summed E-state index contributed by atoms with van der Waals surface area (Å²) in [6.07, 6.45) is 4.05. The molecule has 6 heteroatoms. The van der Waals surface area contributed by atoms with Crippen LogP contribution in [0.15, 0.2) is 48.5 Å². The predicted molar refractivity (Wildman–Crippen MR) is 124 cm³/mol. The summed E-state index contributed by atoms with van der Waals surface area (Å²) in [6.45, 7) is 3.10. The summed E-state index contributed by atoms with van der Waals surface area (Å²) in [5.41, 5.74) is 1.84. The number of aromatic hydroxyl groups is 2. The maximum Gasteiger partial charge on any atom is 0.120 e. The van der Waals surface area contributed by atoms with E-state index in [1.807, 2.05) is 36.4 Å². The van der Waals surface area contributed by atoms with Crippen LogP contribution in [0.2, 0.25) is 0 Å². The zero-order valence-electron chi connectivity index (χ0n) is 16.2. The van der Waals surface area contributed by atoms with Crippen molar-refractivity contribution in [1.29, 1.82) is 0 Å². The number of phenolic OH excluding ortho intramolecular Hbond substituents is 2. The lowest BCUT2D eigenvalue weighted by Crippen LogP contribution is -2.20. The SMILES string of the molecule is Oc1ccccc1CNCC[C@@H](S)CC[C@@H](S)CCNCc1ccccc1O. The topological polar surface area (TPSA) is 64.5 Å². The number of hydrogen-bond acceptors (Lipinski definition) is 6. The van der Waals surface area contributed by atoms with Gasteiger partial charge in [0.1, 0.15) is 11.5 Å². The van der Waals surface area contributed by atoms with E-state index in [-0.39, 0.29) is 0 Å². The maximum absolute atomic E-state index is 9.75. The summed E-state index contributed by atoms with van der Waals surface area (Å²) in [6, 6.07) is 14.8. The molecule has 0 aromatic heterocycles. The normalized spacial score (nSPS) is 13.4. The van der Waals surface area contributed by atoms with Crippen LogP contribution >= 0.6 is 25.3 Å². The van der Waals surface area contributed by atoms with Gasteiger partial charge in [0.15, 0.2) is 0 Å². The Bertz CT molecular complexity index is 640. The molecule has 0 aliphatic heterocycles. The number of phenols is 2. The van der Waals surface area contributed by atoms with E-state index in [9.17, 15) is 10.2 Å². The van der Waals surface area contributed by atoms with Gasteiger partial charge in [0.2, 0.25) is 0 Å². The first-order chi connectivity index (χ1) is 13.6. The maximum atomic E-state index is 9.75. The lowest BCUT2D eigenvalue weighted by atomic mass is 10.1. The summed E-state index contributed by atoms with van der Waals surface area (Å²) in [4.78, 5) is 0. The third kappa shape index (κ3) is 8.78. The fraction of sp³-hybridized carbons (Fsp3) is 0.455. The zero-order chi connectivity index (χ0) is 20.2. The van der Waals surface area contributed by atoms with Crippen molar-refractivity contribution in [2.45, 2.75) is 49.3 Å². The van der Waals surface area contributed by atoms with Gasteiger partial charge in [0.05, 0.1) is 0 Å². The fourth-order valence-electron chi connectivity index (χ4n) is 2.98. The molecule has 2 aromatic rings. The number of thiol groups is 2. The third-order valence-electron chi connectivity index (χ3n) is 4.76. The monoisotopic (exact) mass is 420 g/mol. The van der Waals surface area contributed by atoms with Gasteiger partial charge >= 0.3 is 0 Å². The molecular formula is C22H32N2O2S2. The molecule has 0 heterocycles. The molecule has 0 spiro atoms. The molecule has 2 atom stereocenters. The first kappa shape index (κ1) is 22.9. The van der Waals surface area contributed by atoms with Gasteiger partial charge in [0.25, 0.3) is 0 Å². The quantitative estimate of drug-likeness (QED) is 0.218. The Morgan fingerprint density at radius 1 is 0.643 bits per heavy atom. The van der Waals surface area contributed by atoms with E-state index in [1.54, 1.807) is 12.1 Å². The molecule has 0 saturated carbocycles. The smallest absolute Gasteiger partial charge is 0.120 e. The largest absolute Gasteiger partial charge is 0.508 e. The second kappa shape index (κ2) is 13.0. The van der Waals surface area contributed by atoms with Crippen LogP contribution in [-0.4, -0.2) is 33.8 Å². The summed E-state index contributed by atoms with van der Waals surface area (Å²) >= 11 is 9.37. The summed E-state index contributed by atoms with van der Waals surface area (Å²) < 4.78 is 0. The van der Waals surface area contributed by atoms with Gasteiger partial charge in [-0.1, -0.05) is 36.4 Å². The average molecular weight is 421 g/mol. The Balaban J connectivity index is 1.50. The lowest BCUT2D eigenvalue weighted by Gasteiger charge is -2.15. The highest BCUT2D eigenvalue weighted by molar-refractivity contribution is 7.81. The van der Waals surface area contributed by atoms with Crippen LogP contribution in [0.3, 0.4) is 0 Å². The highest BCUT2D eigenvalue weighted by Crippen LogP contribution is 2.18. The Morgan fingerprint density at radius 2 is 1.04 bits per heavy atom. The fourth-order valence-corrected chi connectivity index (χ4v) is 3.53. The Hall–Kier alpha value is -1.34. The van der Waals surface area contributed by atoms with Gasteiger partial charge in [-0.3, -0.25) is 0 Å². The standard InChI is InChI=1S/C22H32N2O2S2/c25-21-7-3-1-5-17(21)15-23-13-11-19(27)9-10-20(28)12-14-24-16-18-6-2-4-8-22(18)26/h1-8,19-20,23-28H,9-16H2/t19-,20+. The van der Waals surface area contributed by atoms with Crippen LogP contribution in [0.5, 0.6) is 11.5 Å². The molecule has 0 aliphatic carbocycles. The van der Waals surface area contributed by atoms with Crippen molar-refractivity contribution in [2.75, 3.05) is 13.1 Å². The highest BCUT2D eigenvalue weighted by atomic mass is 32.1. The van der Waals surface area contributed by atoms with Crippen molar-refractivity contribution in [3.8, 4) is 11.5 Å². The molecule has 154 valence electrons. The third-order valence-corrected chi connectivity index (χ3v) is 5.79. The minimum Gasteiger partial charge on any atom is -0.508 e. The van der Waals surface area contributed by atoms with Crippen molar-refractivity contribution < 1.29 is 10.2 Å². The van der Waals surface area contributed by atoms with Crippen LogP contribution in [-0.2, 0) is 13.1 Å². The van der Waals surface area contributed by atoms with Crippen LogP contribution < -0.4 is 10.6 Å². The zero-order valence-corrected chi connectivity index (χ0v) is 18.0. The number of rotatable bonds is 13. The highest BCUT2D eigenvalue weighted by Gasteiger charge is 2.09. The van der Waals surface area contributed by atoms with Crippen molar-refractivity contribution in [3.63, 3.8) is 0 Å². The molecule has 4 nitrogen and oxygen atoms in total. The molecule has 0 amide bonds. The van der Waals surface area contributed by atoms with E-state index in [1.165, 1.54) is 0 Å². The van der Waals surface area contributed by atoms with E-state index >= 15 is 0 Å². The lowest BCUT2D eigenvalue weighted by molar-refractivity contribution is 0.462. The number of nitrogens with one attached hydrogen (secondary N) is 2. The second-order valence-corrected chi connectivity index (χ2v) is 8.53. The summed E-state index contributed by atoms with van der Waals surface area (Å²) in [7, 11) is 0. The van der Waals surface area contributed by atoms with Crippen molar-refractivity contribution in [1.82, 2.24) is 10.6 Å². The van der Waals surface area contributed by atoms with Crippen molar-refractivity contribution in [2.24, 2.45) is 0 Å². The summed E-state index contributed by atoms with van der Waals surface area (Å²) in [5, 5.41) is 26.9. The second-order valence-electron chi connectivity index (χ2n) is 7.07. The molecule has 0 saturated heterocycles. The van der Waals surface area contributed by atoms with Crippen molar-refractivity contribution >= 4 is 25.3 Å². The first-order valence-corrected chi connectivity index (χ1v) is 10.9. The van der Waals surface area contributed by atoms with Gasteiger partial charge in [-0.15, -0.1) is 0 Å². The van der Waals surface area contributed by atoms with Crippen LogP contribution in [0, 0.1) is 0 Å². The van der Waals surface area contributed by atoms with Crippen LogP contribution in [0.25, 0.3) is 0 Å². The van der Waals surface area contributed by atoms with E-state index < -0.39 is 0 Å². The molecule has 28 heavy (non-hydrogen) atoms. The molecular weight excluding hydrogens is 388 g/mol. The summed E-state index contributed by atoms with van der Waals surface area (Å²) in [5.74, 6) is 0.679. The Kier molecular flexibility index (Phi) is 10.6. The number of benzene rings is 2. The molecule has 0 unspecified atom stereocenters. The van der Waals surface area contributed by atoms with Crippen LogP contribution in [0.1, 0.15) is 36.8 Å². The van der Waals surface area contributed by atoms with Gasteiger partial charge in [-0.2, -0.15) is 25.3 Å². The molecule has 0 bridgehead atoms. The first-order valence-electron chi connectivity index (χ1n) is 9.87. The van der Waals surface area contributed by atoms with Crippen molar-refractivity contribution in [3.05, 3.63) is 59.7 Å². The molecule has 0 fully saturated rings. The molecule has 2 rings (SSSR count). The minimum atomic E-state index is 0.339. The van der Waals surface area contributed by atoms with Crippen LogP contribution in [0.4, 0.5) is 0 Å². The number of hydrogen-bond donors (Lipinski definition) is 6. The van der Waals surface area contributed by atoms with E-state index in [4.69, 9.17) is 0 Å². The van der Waals surface area contributed by atoms with E-state index in [0.717, 1.165) is 49.9 Å². The van der Waals surface area contributed by atoms with Gasteiger partial charge in [-0.05, 0) is 50.9 Å². The molecule has 0 radical (unpaired) electrons. The predicted octanol–water partition coefficient (Wildman–Crippen LogP) is 4.13. The van der Waals surface area contributed by atoms with E-state index in [2.05, 4.69) is 35.9 Å². The van der Waals surface area contributed by atoms with E-state index in [0.29, 0.717) is 35.1 Å². The van der Waals surface area contributed by atoms with Gasteiger partial charge in [-0.25, -0.2) is 0 Å². The molecule has 4 N–H and O–H groups in total. The van der Waals surface area contributed by atoms with Gasteiger partial charge in [0, 0.05) is 34.7 Å². The van der Waals surface area contributed by atoms with Gasteiger partial charge < -0.3 is 20.8 Å². The Labute approximate surface area is 179 Å². The average Bonchev–Trinajstić information content (AvgIpc) is 2.69. The Morgan fingerprint density at radius 3 is 1.43 bits per heavy atom.